The van der Waals surface area contributed by atoms with E-state index in [4.69, 9.17) is 9.47 Å². The lowest BCUT2D eigenvalue weighted by molar-refractivity contribution is 0.0945. The minimum Gasteiger partial charge on any atom is -0.486 e. The van der Waals surface area contributed by atoms with E-state index in [2.05, 4.69) is 10.3 Å². The fourth-order valence-electron chi connectivity index (χ4n) is 2.33. The van der Waals surface area contributed by atoms with Gasteiger partial charge in [-0.05, 0) is 36.2 Å². The van der Waals surface area contributed by atoms with Gasteiger partial charge in [-0.2, -0.15) is 0 Å². The summed E-state index contributed by atoms with van der Waals surface area (Å²) in [4.78, 5) is 14.1. The van der Waals surface area contributed by atoms with Crippen LogP contribution in [0.4, 0.5) is 0 Å². The number of benzene rings is 2. The smallest absolute Gasteiger partial charge is 0.266 e. The zero-order valence-corrected chi connectivity index (χ0v) is 14.4. The van der Waals surface area contributed by atoms with Crippen LogP contribution in [-0.2, 0) is 16.4 Å². The first-order valence-corrected chi connectivity index (χ1v) is 9.28. The number of carbonyl (C=O) groups excluding carboxylic acids is 1. The number of hydrogen-bond acceptors (Lipinski definition) is 5. The van der Waals surface area contributed by atoms with E-state index in [1.54, 1.807) is 12.1 Å². The van der Waals surface area contributed by atoms with Crippen LogP contribution in [0.3, 0.4) is 0 Å². The first kappa shape index (κ1) is 17.2. The third-order valence-corrected chi connectivity index (χ3v) is 4.99. The van der Waals surface area contributed by atoms with Crippen LogP contribution < -0.4 is 19.7 Å². The van der Waals surface area contributed by atoms with Crippen molar-refractivity contribution in [2.75, 3.05) is 13.2 Å². The average Bonchev–Trinajstić information content (AvgIpc) is 2.66. The van der Waals surface area contributed by atoms with Crippen molar-refractivity contribution < 1.29 is 22.7 Å². The Labute approximate surface area is 146 Å². The average molecular weight is 362 g/mol. The van der Waals surface area contributed by atoms with E-state index in [-0.39, 0.29) is 4.90 Å². The van der Waals surface area contributed by atoms with Gasteiger partial charge in [-0.15, -0.1) is 4.83 Å². The number of hydrazine groups is 1. The highest BCUT2D eigenvalue weighted by Crippen LogP contribution is 2.32. The maximum Gasteiger partial charge on any atom is 0.266 e. The fourth-order valence-corrected chi connectivity index (χ4v) is 3.18. The van der Waals surface area contributed by atoms with Gasteiger partial charge in [0.15, 0.2) is 11.5 Å². The van der Waals surface area contributed by atoms with Crippen LogP contribution in [0.1, 0.15) is 22.8 Å². The maximum absolute atomic E-state index is 12.3. The second-order valence-corrected chi connectivity index (χ2v) is 7.10. The van der Waals surface area contributed by atoms with E-state index in [0.29, 0.717) is 30.3 Å². The first-order chi connectivity index (χ1) is 12.0. The highest BCUT2D eigenvalue weighted by atomic mass is 32.2. The Morgan fingerprint density at radius 3 is 2.40 bits per heavy atom. The van der Waals surface area contributed by atoms with E-state index in [9.17, 15) is 13.2 Å². The van der Waals surface area contributed by atoms with E-state index in [1.165, 1.54) is 18.2 Å². The number of sulfonamides is 1. The topological polar surface area (TPSA) is 93.7 Å². The summed E-state index contributed by atoms with van der Waals surface area (Å²) >= 11 is 0. The van der Waals surface area contributed by atoms with Gasteiger partial charge >= 0.3 is 0 Å². The Hall–Kier alpha value is -2.58. The molecule has 2 N–H and O–H groups in total. The molecule has 132 valence electrons. The van der Waals surface area contributed by atoms with E-state index >= 15 is 0 Å². The molecule has 1 heterocycles. The molecule has 0 fully saturated rings. The van der Waals surface area contributed by atoms with Gasteiger partial charge in [-0.1, -0.05) is 19.1 Å². The summed E-state index contributed by atoms with van der Waals surface area (Å²) in [6, 6.07) is 11.2. The summed E-state index contributed by atoms with van der Waals surface area (Å²) in [6.07, 6.45) is 0.860. The summed E-state index contributed by atoms with van der Waals surface area (Å²) < 4.78 is 35.4. The highest BCUT2D eigenvalue weighted by molar-refractivity contribution is 7.89. The molecule has 1 aliphatic heterocycles. The number of hydrogen-bond donors (Lipinski definition) is 2. The van der Waals surface area contributed by atoms with Gasteiger partial charge < -0.3 is 9.47 Å². The molecule has 0 aliphatic carbocycles. The minimum atomic E-state index is -3.93. The molecular weight excluding hydrogens is 344 g/mol. The van der Waals surface area contributed by atoms with Crippen molar-refractivity contribution in [3.63, 3.8) is 0 Å². The van der Waals surface area contributed by atoms with Crippen molar-refractivity contribution in [1.29, 1.82) is 0 Å². The molecule has 2 aromatic carbocycles. The zero-order chi connectivity index (χ0) is 17.9. The second kappa shape index (κ2) is 7.12. The Morgan fingerprint density at radius 1 is 1.04 bits per heavy atom. The number of amides is 1. The van der Waals surface area contributed by atoms with Gasteiger partial charge in [0.25, 0.3) is 15.9 Å². The number of aryl methyl sites for hydroxylation is 1. The third kappa shape index (κ3) is 3.92. The van der Waals surface area contributed by atoms with Crippen LogP contribution in [0.15, 0.2) is 47.4 Å². The largest absolute Gasteiger partial charge is 0.486 e. The lowest BCUT2D eigenvalue weighted by Crippen LogP contribution is -2.41. The zero-order valence-electron chi connectivity index (χ0n) is 13.6. The van der Waals surface area contributed by atoms with Crippen LogP contribution in [0, 0.1) is 0 Å². The lowest BCUT2D eigenvalue weighted by Gasteiger charge is -2.19. The van der Waals surface area contributed by atoms with Crippen molar-refractivity contribution >= 4 is 15.9 Å². The van der Waals surface area contributed by atoms with Gasteiger partial charge in [0.05, 0.1) is 4.90 Å². The number of fused-ring (bicyclic) bond motifs is 1. The molecule has 2 aromatic rings. The van der Waals surface area contributed by atoms with Gasteiger partial charge in [0.1, 0.15) is 13.2 Å². The predicted molar refractivity (Wildman–Crippen MR) is 91.0 cm³/mol. The molecule has 1 amide bonds. The minimum absolute atomic E-state index is 0.0293. The lowest BCUT2D eigenvalue weighted by atomic mass is 10.1. The second-order valence-electron chi connectivity index (χ2n) is 5.42. The quantitative estimate of drug-likeness (QED) is 0.789. The molecule has 0 unspecified atom stereocenters. The van der Waals surface area contributed by atoms with E-state index in [0.717, 1.165) is 12.0 Å². The summed E-state index contributed by atoms with van der Waals surface area (Å²) in [6.45, 7) is 2.79. The van der Waals surface area contributed by atoms with E-state index in [1.807, 2.05) is 19.1 Å². The molecule has 0 bridgehead atoms. The highest BCUT2D eigenvalue weighted by Gasteiger charge is 2.20. The summed E-state index contributed by atoms with van der Waals surface area (Å²) in [5, 5.41) is 0. The number of nitrogens with one attached hydrogen (secondary N) is 2. The van der Waals surface area contributed by atoms with Crippen LogP contribution in [0.2, 0.25) is 0 Å². The summed E-state index contributed by atoms with van der Waals surface area (Å²) in [5.74, 6) is 0.310. The van der Waals surface area contributed by atoms with Crippen LogP contribution >= 0.6 is 0 Å². The molecule has 8 heteroatoms. The predicted octanol–water partition coefficient (Wildman–Crippen LogP) is 1.64. The van der Waals surface area contributed by atoms with Crippen molar-refractivity contribution in [3.05, 3.63) is 53.6 Å². The van der Waals surface area contributed by atoms with Gasteiger partial charge in [-0.3, -0.25) is 10.2 Å². The van der Waals surface area contributed by atoms with E-state index < -0.39 is 15.9 Å². The van der Waals surface area contributed by atoms with Crippen LogP contribution in [-0.4, -0.2) is 27.5 Å². The summed E-state index contributed by atoms with van der Waals surface area (Å²) in [5.41, 5.74) is 3.66. The van der Waals surface area contributed by atoms with Gasteiger partial charge in [0.2, 0.25) is 0 Å². The van der Waals surface area contributed by atoms with Crippen molar-refractivity contribution in [2.45, 2.75) is 18.2 Å². The molecule has 0 saturated heterocycles. The molecule has 0 radical (unpaired) electrons. The molecule has 25 heavy (non-hydrogen) atoms. The first-order valence-electron chi connectivity index (χ1n) is 7.80. The number of carbonyl (C=O) groups is 1. The van der Waals surface area contributed by atoms with Gasteiger partial charge in [-0.25, -0.2) is 8.42 Å². The van der Waals surface area contributed by atoms with Crippen LogP contribution in [0.5, 0.6) is 11.5 Å². The third-order valence-electron chi connectivity index (χ3n) is 3.75. The molecule has 0 atom stereocenters. The fraction of sp³-hybridized carbons (Fsp3) is 0.235. The van der Waals surface area contributed by atoms with Crippen molar-refractivity contribution in [3.8, 4) is 11.5 Å². The Morgan fingerprint density at radius 2 is 1.72 bits per heavy atom. The SMILES string of the molecule is CCc1ccc(C(=O)NNS(=O)(=O)c2ccc3c(c2)OCCO3)cc1. The maximum atomic E-state index is 12.3. The standard InChI is InChI=1S/C17H18N2O5S/c1-2-12-3-5-13(6-4-12)17(20)18-19-25(21,22)14-7-8-15-16(11-14)24-10-9-23-15/h3-8,11,19H,2,9-10H2,1H3,(H,18,20). The Balaban J connectivity index is 1.69. The Bertz CT molecular complexity index is 878. The normalized spacial score (nSPS) is 13.3. The molecule has 0 saturated carbocycles. The van der Waals surface area contributed by atoms with Gasteiger partial charge in [0, 0.05) is 11.6 Å². The number of rotatable bonds is 5. The molecule has 0 spiro atoms. The van der Waals surface area contributed by atoms with Crippen molar-refractivity contribution in [1.82, 2.24) is 10.3 Å². The van der Waals surface area contributed by atoms with Crippen LogP contribution in [0.25, 0.3) is 0 Å². The Kier molecular flexibility index (Phi) is 4.91. The summed E-state index contributed by atoms with van der Waals surface area (Å²) in [7, 11) is -3.93. The molecule has 3 rings (SSSR count). The van der Waals surface area contributed by atoms with Crippen molar-refractivity contribution in [2.24, 2.45) is 0 Å². The monoisotopic (exact) mass is 362 g/mol. The molecule has 7 nitrogen and oxygen atoms in total. The number of ether oxygens (including phenoxy) is 2. The molecular formula is C17H18N2O5S. The molecule has 1 aliphatic rings. The molecule has 0 aromatic heterocycles.